The summed E-state index contributed by atoms with van der Waals surface area (Å²) in [5, 5.41) is 21.0. The molecule has 2 atom stereocenters. The van der Waals surface area contributed by atoms with Crippen LogP contribution in [0.2, 0.25) is 0 Å². The summed E-state index contributed by atoms with van der Waals surface area (Å²) in [7, 11) is 0. The van der Waals surface area contributed by atoms with Gasteiger partial charge in [-0.15, -0.1) is 5.10 Å². The lowest BCUT2D eigenvalue weighted by Gasteiger charge is -2.22. The van der Waals surface area contributed by atoms with E-state index < -0.39 is 5.97 Å². The first kappa shape index (κ1) is 15.7. The van der Waals surface area contributed by atoms with Gasteiger partial charge in [-0.1, -0.05) is 13.8 Å². The van der Waals surface area contributed by atoms with Gasteiger partial charge < -0.3 is 15.2 Å². The van der Waals surface area contributed by atoms with Gasteiger partial charge >= 0.3 is 5.97 Å². The highest BCUT2D eigenvalue weighted by atomic mass is 16.5. The lowest BCUT2D eigenvalue weighted by atomic mass is 10.0. The van der Waals surface area contributed by atoms with E-state index in [1.54, 1.807) is 0 Å². The smallest absolute Gasteiger partial charge is 0.339 e. The van der Waals surface area contributed by atoms with Crippen LogP contribution in [0.15, 0.2) is 0 Å². The number of ether oxygens (including phenoxy) is 1. The second kappa shape index (κ2) is 6.85. The first-order chi connectivity index (χ1) is 10.1. The van der Waals surface area contributed by atoms with Crippen molar-refractivity contribution in [2.45, 2.75) is 58.6 Å². The normalized spacial score (nSPS) is 19.5. The Balaban J connectivity index is 2.31. The average molecular weight is 293 g/mol. The average Bonchev–Trinajstić information content (AvgIpc) is 3.00. The summed E-state index contributed by atoms with van der Waals surface area (Å²) in [5.41, 5.74) is 1.77. The predicted octanol–water partition coefficient (Wildman–Crippen LogP) is 2.28. The van der Waals surface area contributed by atoms with E-state index in [2.05, 4.69) is 15.5 Å². The Labute approximate surface area is 124 Å². The van der Waals surface area contributed by atoms with E-state index in [0.717, 1.165) is 30.7 Å². The Bertz CT molecular complexity index is 513. The fourth-order valence-corrected chi connectivity index (χ4v) is 2.81. The topological polar surface area (TPSA) is 84.3 Å². The molecular weight excluding hydrogens is 270 g/mol. The summed E-state index contributed by atoms with van der Waals surface area (Å²) in [6.45, 7) is 6.65. The van der Waals surface area contributed by atoms with Crippen molar-refractivity contribution in [2.75, 3.05) is 11.9 Å². The highest BCUT2D eigenvalue weighted by Crippen LogP contribution is 2.24. The van der Waals surface area contributed by atoms with E-state index in [1.807, 2.05) is 20.8 Å². The second-order valence-electron chi connectivity index (χ2n) is 5.35. The molecule has 0 radical (unpaired) electrons. The number of hydrogen-bond donors (Lipinski definition) is 2. The maximum atomic E-state index is 11.6. The molecule has 0 aliphatic carbocycles. The molecule has 2 heterocycles. The van der Waals surface area contributed by atoms with Crippen molar-refractivity contribution in [2.24, 2.45) is 0 Å². The van der Waals surface area contributed by atoms with Gasteiger partial charge in [0.15, 0.2) is 5.82 Å². The van der Waals surface area contributed by atoms with Crippen molar-refractivity contribution in [3.8, 4) is 0 Å². The van der Waals surface area contributed by atoms with Crippen molar-refractivity contribution >= 4 is 11.8 Å². The van der Waals surface area contributed by atoms with Crippen LogP contribution in [0.4, 0.5) is 5.82 Å². The first-order valence-corrected chi connectivity index (χ1v) is 7.58. The molecule has 2 unspecified atom stereocenters. The van der Waals surface area contributed by atoms with Crippen LogP contribution < -0.4 is 5.32 Å². The van der Waals surface area contributed by atoms with E-state index in [0.29, 0.717) is 18.7 Å². The number of rotatable bonds is 6. The molecule has 0 amide bonds. The molecule has 1 aliphatic rings. The molecule has 6 nitrogen and oxygen atoms in total. The third kappa shape index (κ3) is 3.32. The Kier molecular flexibility index (Phi) is 5.12. The molecule has 0 saturated carbocycles. The first-order valence-electron chi connectivity index (χ1n) is 7.58. The number of carbonyl (C=O) groups is 1. The van der Waals surface area contributed by atoms with Crippen LogP contribution in [-0.2, 0) is 17.6 Å². The lowest BCUT2D eigenvalue weighted by Crippen LogP contribution is -2.31. The van der Waals surface area contributed by atoms with Crippen molar-refractivity contribution in [3.63, 3.8) is 0 Å². The lowest BCUT2D eigenvalue weighted by molar-refractivity contribution is 0.0695. The summed E-state index contributed by atoms with van der Waals surface area (Å²) < 4.78 is 5.63. The molecule has 1 aromatic rings. The van der Waals surface area contributed by atoms with Gasteiger partial charge in [0.25, 0.3) is 0 Å². The Morgan fingerprint density at radius 3 is 2.71 bits per heavy atom. The van der Waals surface area contributed by atoms with E-state index in [1.165, 1.54) is 0 Å². The highest BCUT2D eigenvalue weighted by Gasteiger charge is 2.26. The summed E-state index contributed by atoms with van der Waals surface area (Å²) in [4.78, 5) is 11.6. The number of nitrogens with zero attached hydrogens (tertiary/aromatic N) is 2. The van der Waals surface area contributed by atoms with Gasteiger partial charge in [-0.2, -0.15) is 5.10 Å². The summed E-state index contributed by atoms with van der Waals surface area (Å²) >= 11 is 0. The molecule has 6 heteroatoms. The molecule has 1 aromatic heterocycles. The SMILES string of the molecule is CCc1nnc(NC(C)C2CCCO2)c(C(=O)O)c1CC. The quantitative estimate of drug-likeness (QED) is 0.837. The van der Waals surface area contributed by atoms with E-state index in [-0.39, 0.29) is 17.7 Å². The molecule has 116 valence electrons. The Morgan fingerprint density at radius 2 is 2.19 bits per heavy atom. The Morgan fingerprint density at radius 1 is 1.43 bits per heavy atom. The minimum atomic E-state index is -0.960. The van der Waals surface area contributed by atoms with Crippen molar-refractivity contribution in [1.82, 2.24) is 10.2 Å². The van der Waals surface area contributed by atoms with Crippen molar-refractivity contribution in [3.05, 3.63) is 16.8 Å². The molecule has 2 N–H and O–H groups in total. The van der Waals surface area contributed by atoms with Gasteiger partial charge in [0.1, 0.15) is 5.56 Å². The van der Waals surface area contributed by atoms with E-state index in [9.17, 15) is 9.90 Å². The standard InChI is InChI=1S/C15H23N3O3/c1-4-10-11(5-2)17-18-14(13(10)15(19)20)16-9(3)12-7-6-8-21-12/h9,12H,4-8H2,1-3H3,(H,16,18)(H,19,20). The Hall–Kier alpha value is -1.69. The largest absolute Gasteiger partial charge is 0.478 e. The van der Waals surface area contributed by atoms with Gasteiger partial charge in [-0.3, -0.25) is 0 Å². The third-order valence-electron chi connectivity index (χ3n) is 3.95. The van der Waals surface area contributed by atoms with Crippen LogP contribution >= 0.6 is 0 Å². The molecule has 0 bridgehead atoms. The summed E-state index contributed by atoms with van der Waals surface area (Å²) in [6.07, 6.45) is 3.44. The van der Waals surface area contributed by atoms with Gasteiger partial charge in [0.2, 0.25) is 0 Å². The molecule has 0 aromatic carbocycles. The number of anilines is 1. The number of carboxylic acid groups (broad SMARTS) is 1. The van der Waals surface area contributed by atoms with Gasteiger partial charge in [-0.05, 0) is 38.2 Å². The molecule has 1 fully saturated rings. The second-order valence-corrected chi connectivity index (χ2v) is 5.35. The molecule has 21 heavy (non-hydrogen) atoms. The summed E-state index contributed by atoms with van der Waals surface area (Å²) in [6, 6.07) is 0.0112. The van der Waals surface area contributed by atoms with Crippen LogP contribution in [-0.4, -0.2) is 40.0 Å². The van der Waals surface area contributed by atoms with Crippen LogP contribution in [0.1, 0.15) is 55.2 Å². The number of nitrogens with one attached hydrogen (secondary N) is 1. The van der Waals surface area contributed by atoms with Crippen LogP contribution in [0.5, 0.6) is 0 Å². The summed E-state index contributed by atoms with van der Waals surface area (Å²) in [5.74, 6) is -0.613. The highest BCUT2D eigenvalue weighted by molar-refractivity contribution is 5.95. The van der Waals surface area contributed by atoms with Crippen LogP contribution in [0.25, 0.3) is 0 Å². The molecule has 2 rings (SSSR count). The monoisotopic (exact) mass is 293 g/mol. The van der Waals surface area contributed by atoms with Crippen LogP contribution in [0, 0.1) is 0 Å². The maximum absolute atomic E-state index is 11.6. The number of aromatic carboxylic acids is 1. The van der Waals surface area contributed by atoms with E-state index >= 15 is 0 Å². The molecule has 0 spiro atoms. The predicted molar refractivity (Wildman–Crippen MR) is 79.8 cm³/mol. The van der Waals surface area contributed by atoms with Gasteiger partial charge in [0, 0.05) is 6.61 Å². The zero-order chi connectivity index (χ0) is 15.4. The van der Waals surface area contributed by atoms with Crippen LogP contribution in [0.3, 0.4) is 0 Å². The number of hydrogen-bond acceptors (Lipinski definition) is 5. The fourth-order valence-electron chi connectivity index (χ4n) is 2.81. The minimum absolute atomic E-state index is 0.0112. The van der Waals surface area contributed by atoms with E-state index in [4.69, 9.17) is 4.74 Å². The number of aryl methyl sites for hydroxylation is 1. The van der Waals surface area contributed by atoms with Gasteiger partial charge in [-0.25, -0.2) is 4.79 Å². The van der Waals surface area contributed by atoms with Crippen molar-refractivity contribution < 1.29 is 14.6 Å². The number of carboxylic acids is 1. The molecular formula is C15H23N3O3. The zero-order valence-corrected chi connectivity index (χ0v) is 12.8. The minimum Gasteiger partial charge on any atom is -0.478 e. The third-order valence-corrected chi connectivity index (χ3v) is 3.95. The number of aromatic nitrogens is 2. The fraction of sp³-hybridized carbons (Fsp3) is 0.667. The molecule has 1 aliphatic heterocycles. The molecule has 1 saturated heterocycles. The van der Waals surface area contributed by atoms with Gasteiger partial charge in [0.05, 0.1) is 17.8 Å². The van der Waals surface area contributed by atoms with Crippen molar-refractivity contribution in [1.29, 1.82) is 0 Å². The maximum Gasteiger partial charge on any atom is 0.339 e. The zero-order valence-electron chi connectivity index (χ0n) is 12.8.